The van der Waals surface area contributed by atoms with E-state index >= 15 is 4.39 Å². The normalized spacial score (nSPS) is 18.3. The van der Waals surface area contributed by atoms with Crippen LogP contribution < -0.4 is 26.0 Å². The molecule has 1 atom stereocenters. The zero-order valence-corrected chi connectivity index (χ0v) is 28.4. The molecule has 3 fully saturated rings. The number of likely N-dealkylation sites (tertiary alicyclic amines) is 1. The molecule has 3 aliphatic rings. The number of rotatable bonds is 11. The van der Waals surface area contributed by atoms with Crippen LogP contribution in [0.5, 0.6) is 5.75 Å². The molecule has 10 nitrogen and oxygen atoms in total. The molecule has 1 spiro atoms. The third-order valence-electron chi connectivity index (χ3n) is 9.43. The number of benzene rings is 2. The first-order valence-corrected chi connectivity index (χ1v) is 17.0. The molecule has 4 N–H and O–H groups in total. The second-order valence-electron chi connectivity index (χ2n) is 12.9. The Morgan fingerprint density at radius 3 is 2.57 bits per heavy atom. The quantitative estimate of drug-likeness (QED) is 0.154. The summed E-state index contributed by atoms with van der Waals surface area (Å²) in [5.41, 5.74) is 4.41. The summed E-state index contributed by atoms with van der Waals surface area (Å²) < 4.78 is 21.4. The Balaban J connectivity index is 1.07. The van der Waals surface area contributed by atoms with Gasteiger partial charge in [-0.2, -0.15) is 0 Å². The molecular weight excluding hydrogens is 668 g/mol. The van der Waals surface area contributed by atoms with Crippen molar-refractivity contribution in [3.63, 3.8) is 0 Å². The Kier molecular flexibility index (Phi) is 9.43. The summed E-state index contributed by atoms with van der Waals surface area (Å²) in [6, 6.07) is 14.8. The number of nitrogens with zero attached hydrogens (tertiary/aromatic N) is 3. The fourth-order valence-corrected chi connectivity index (χ4v) is 7.53. The molecule has 2 aromatic carbocycles. The maximum absolute atomic E-state index is 15.7. The van der Waals surface area contributed by atoms with Gasteiger partial charge in [0.25, 0.3) is 0 Å². The average molecular weight is 705 g/mol. The van der Waals surface area contributed by atoms with E-state index in [-0.39, 0.29) is 29.2 Å². The molecule has 2 amide bonds. The SMILES string of the molecule is COc1cc(-c2nccc(-c3cccc(Nc4nccc(CN5CC6(CCC(=O)N6)C5)c4F)c3Cl)c2Cl)ccc1CNC[C@H]1CCC(=O)N1. The van der Waals surface area contributed by atoms with Crippen LogP contribution >= 0.6 is 23.2 Å². The van der Waals surface area contributed by atoms with Crippen LogP contribution in [0.25, 0.3) is 22.4 Å². The summed E-state index contributed by atoms with van der Waals surface area (Å²) in [7, 11) is 1.62. The van der Waals surface area contributed by atoms with Gasteiger partial charge in [-0.3, -0.25) is 19.5 Å². The van der Waals surface area contributed by atoms with Gasteiger partial charge < -0.3 is 26.0 Å². The smallest absolute Gasteiger partial charge is 0.220 e. The molecule has 2 aromatic heterocycles. The standard InChI is InChI=1S/C36H36Cl2FN7O3/c1-49-28-15-21(5-6-22(28)16-40-17-24-7-8-29(47)43-24)34-32(38)26(11-14-41-34)25-3-2-4-27(31(25)37)44-35-33(39)23(10-13-42-35)18-46-19-36(20-46)12-9-30(48)45-36/h2-6,10-11,13-15,24,40H,7-9,12,16-20H2,1H3,(H,42,44)(H,43,47)(H,45,48)/t24-/m1/s1. The molecule has 0 aliphatic carbocycles. The van der Waals surface area contributed by atoms with E-state index < -0.39 is 5.82 Å². The lowest BCUT2D eigenvalue weighted by Crippen LogP contribution is -2.66. The Hall–Kier alpha value is -4.29. The van der Waals surface area contributed by atoms with Gasteiger partial charge in [0.2, 0.25) is 11.8 Å². The van der Waals surface area contributed by atoms with Crippen LogP contribution in [0.3, 0.4) is 0 Å². The number of methoxy groups -OCH3 is 1. The predicted molar refractivity (Wildman–Crippen MR) is 187 cm³/mol. The largest absolute Gasteiger partial charge is 0.496 e. The second kappa shape index (κ2) is 13.9. The van der Waals surface area contributed by atoms with E-state index in [2.05, 4.69) is 36.1 Å². The van der Waals surface area contributed by atoms with Crippen molar-refractivity contribution in [2.24, 2.45) is 0 Å². The first-order chi connectivity index (χ1) is 23.7. The van der Waals surface area contributed by atoms with E-state index in [1.54, 1.807) is 37.7 Å². The van der Waals surface area contributed by atoms with Crippen LogP contribution in [0.1, 0.15) is 36.8 Å². The highest BCUT2D eigenvalue weighted by molar-refractivity contribution is 6.39. The van der Waals surface area contributed by atoms with Gasteiger partial charge >= 0.3 is 0 Å². The van der Waals surface area contributed by atoms with Crippen LogP contribution in [0.4, 0.5) is 15.9 Å². The summed E-state index contributed by atoms with van der Waals surface area (Å²) in [5, 5.41) is 13.3. The first kappa shape index (κ1) is 33.2. The number of carbonyl (C=O) groups excluding carboxylic acids is 2. The first-order valence-electron chi connectivity index (χ1n) is 16.3. The lowest BCUT2D eigenvalue weighted by molar-refractivity contribution is -0.121. The van der Waals surface area contributed by atoms with Crippen molar-refractivity contribution < 1.29 is 18.7 Å². The molecule has 49 heavy (non-hydrogen) atoms. The van der Waals surface area contributed by atoms with E-state index in [0.29, 0.717) is 89.4 Å². The number of amides is 2. The Labute approximate surface area is 293 Å². The van der Waals surface area contributed by atoms with Crippen LogP contribution in [0.15, 0.2) is 60.9 Å². The fourth-order valence-electron chi connectivity index (χ4n) is 6.93. The van der Waals surface area contributed by atoms with E-state index in [1.807, 2.05) is 30.3 Å². The monoisotopic (exact) mass is 703 g/mol. The average Bonchev–Trinajstić information content (AvgIpc) is 3.69. The molecule has 3 saturated heterocycles. The van der Waals surface area contributed by atoms with Crippen molar-refractivity contribution in [2.45, 2.75) is 50.4 Å². The number of anilines is 2. The van der Waals surface area contributed by atoms with E-state index in [1.165, 1.54) is 0 Å². The van der Waals surface area contributed by atoms with Gasteiger partial charge in [-0.15, -0.1) is 0 Å². The highest BCUT2D eigenvalue weighted by atomic mass is 35.5. The van der Waals surface area contributed by atoms with Crippen molar-refractivity contribution in [2.75, 3.05) is 32.1 Å². The zero-order valence-electron chi connectivity index (χ0n) is 26.9. The van der Waals surface area contributed by atoms with Crippen molar-refractivity contribution in [3.05, 3.63) is 87.9 Å². The highest BCUT2D eigenvalue weighted by Gasteiger charge is 2.47. The minimum Gasteiger partial charge on any atom is -0.496 e. The minimum absolute atomic E-state index is 0.0668. The van der Waals surface area contributed by atoms with Crippen LogP contribution in [0.2, 0.25) is 10.0 Å². The number of ether oxygens (including phenoxy) is 1. The maximum Gasteiger partial charge on any atom is 0.220 e. The lowest BCUT2D eigenvalue weighted by Gasteiger charge is -2.48. The second-order valence-corrected chi connectivity index (χ2v) is 13.6. The van der Waals surface area contributed by atoms with Crippen LogP contribution in [-0.2, 0) is 22.7 Å². The number of nitrogens with one attached hydrogen (secondary N) is 4. The molecule has 3 aliphatic heterocycles. The van der Waals surface area contributed by atoms with Gasteiger partial charge in [0.1, 0.15) is 5.75 Å². The number of aromatic nitrogens is 2. The van der Waals surface area contributed by atoms with Gasteiger partial charge in [0, 0.05) is 91.8 Å². The number of hydrogen-bond acceptors (Lipinski definition) is 8. The van der Waals surface area contributed by atoms with Gasteiger partial charge in [0.15, 0.2) is 11.6 Å². The van der Waals surface area contributed by atoms with E-state index in [4.69, 9.17) is 27.9 Å². The number of hydrogen-bond donors (Lipinski definition) is 4. The Morgan fingerprint density at radius 1 is 1.00 bits per heavy atom. The summed E-state index contributed by atoms with van der Waals surface area (Å²) in [6.45, 7) is 3.05. The fraction of sp³-hybridized carbons (Fsp3) is 0.333. The topological polar surface area (TPSA) is 121 Å². The number of carbonyl (C=O) groups is 2. The molecule has 0 saturated carbocycles. The van der Waals surface area contributed by atoms with Gasteiger partial charge in [-0.1, -0.05) is 47.5 Å². The molecular formula is C36H36Cl2FN7O3. The van der Waals surface area contributed by atoms with Crippen molar-refractivity contribution in [1.82, 2.24) is 30.8 Å². The van der Waals surface area contributed by atoms with Crippen LogP contribution in [0, 0.1) is 5.82 Å². The van der Waals surface area contributed by atoms with E-state index in [0.717, 1.165) is 24.0 Å². The number of halogens is 3. The highest BCUT2D eigenvalue weighted by Crippen LogP contribution is 2.42. The number of pyridine rings is 2. The van der Waals surface area contributed by atoms with Crippen molar-refractivity contribution in [1.29, 1.82) is 0 Å². The molecule has 13 heteroatoms. The molecule has 0 radical (unpaired) electrons. The molecule has 0 bridgehead atoms. The Morgan fingerprint density at radius 2 is 1.82 bits per heavy atom. The third kappa shape index (κ3) is 6.94. The van der Waals surface area contributed by atoms with Gasteiger partial charge in [0.05, 0.1) is 34.1 Å². The molecule has 254 valence electrons. The predicted octanol–water partition coefficient (Wildman–Crippen LogP) is 5.84. The summed E-state index contributed by atoms with van der Waals surface area (Å²) >= 11 is 13.9. The Bertz CT molecular complexity index is 1920. The zero-order chi connectivity index (χ0) is 34.1. The minimum atomic E-state index is -0.456. The molecule has 5 heterocycles. The third-order valence-corrected chi connectivity index (χ3v) is 10.2. The lowest BCUT2D eigenvalue weighted by atomic mass is 9.88. The van der Waals surface area contributed by atoms with E-state index in [9.17, 15) is 9.59 Å². The molecule has 4 aromatic rings. The van der Waals surface area contributed by atoms with Crippen molar-refractivity contribution in [3.8, 4) is 28.1 Å². The van der Waals surface area contributed by atoms with Crippen LogP contribution in [-0.4, -0.2) is 65.0 Å². The summed E-state index contributed by atoms with van der Waals surface area (Å²) in [6.07, 6.45) is 6.00. The maximum atomic E-state index is 15.7. The summed E-state index contributed by atoms with van der Waals surface area (Å²) in [4.78, 5) is 34.1. The summed E-state index contributed by atoms with van der Waals surface area (Å²) in [5.74, 6) is 0.467. The molecule has 0 unspecified atom stereocenters. The molecule has 7 rings (SSSR count). The van der Waals surface area contributed by atoms with Gasteiger partial charge in [-0.25, -0.2) is 9.37 Å². The van der Waals surface area contributed by atoms with Crippen molar-refractivity contribution >= 4 is 46.5 Å². The van der Waals surface area contributed by atoms with Gasteiger partial charge in [-0.05, 0) is 37.1 Å².